The van der Waals surface area contributed by atoms with Crippen LogP contribution in [0.4, 0.5) is 0 Å². The van der Waals surface area contributed by atoms with Gasteiger partial charge in [-0.1, -0.05) is 12.1 Å². The first-order valence-corrected chi connectivity index (χ1v) is 9.92. The fraction of sp³-hybridized carbons (Fsp3) is 0.450. The maximum Gasteiger partial charge on any atom is 0.278 e. The number of ether oxygens (including phenoxy) is 2. The molecule has 1 fully saturated rings. The molecule has 26 heavy (non-hydrogen) atoms. The summed E-state index contributed by atoms with van der Waals surface area (Å²) in [5.74, 6) is 1.66. The predicted octanol–water partition coefficient (Wildman–Crippen LogP) is 2.06. The lowest BCUT2D eigenvalue weighted by Gasteiger charge is -2.22. The largest absolute Gasteiger partial charge is 0.493 e. The van der Waals surface area contributed by atoms with E-state index in [4.69, 9.17) is 9.47 Å². The van der Waals surface area contributed by atoms with Crippen molar-refractivity contribution in [2.75, 3.05) is 27.3 Å². The molecule has 0 atom stereocenters. The molecule has 3 rings (SSSR count). The quantitative estimate of drug-likeness (QED) is 0.692. The van der Waals surface area contributed by atoms with Crippen molar-refractivity contribution in [2.24, 2.45) is 0 Å². The SMILES string of the molecule is COc1ccc(CCN(Cc2cccs2)C(=O)C[NH2+]C2CC2)cc1OC. The topological polar surface area (TPSA) is 55.4 Å². The molecule has 1 aromatic carbocycles. The fourth-order valence-electron chi connectivity index (χ4n) is 2.91. The Balaban J connectivity index is 1.63. The summed E-state index contributed by atoms with van der Waals surface area (Å²) < 4.78 is 10.7. The first-order valence-electron chi connectivity index (χ1n) is 9.04. The summed E-state index contributed by atoms with van der Waals surface area (Å²) in [6.07, 6.45) is 3.27. The average Bonchev–Trinajstić information content (AvgIpc) is 3.36. The number of methoxy groups -OCH3 is 2. The maximum absolute atomic E-state index is 12.7. The average molecular weight is 376 g/mol. The fourth-order valence-corrected chi connectivity index (χ4v) is 3.63. The van der Waals surface area contributed by atoms with E-state index in [1.807, 2.05) is 29.2 Å². The summed E-state index contributed by atoms with van der Waals surface area (Å²) in [5, 5.41) is 4.24. The van der Waals surface area contributed by atoms with Gasteiger partial charge in [-0.25, -0.2) is 0 Å². The van der Waals surface area contributed by atoms with Crippen LogP contribution in [0.3, 0.4) is 0 Å². The highest BCUT2D eigenvalue weighted by Gasteiger charge is 2.27. The smallest absolute Gasteiger partial charge is 0.278 e. The van der Waals surface area contributed by atoms with E-state index < -0.39 is 0 Å². The Bertz CT molecular complexity index is 714. The van der Waals surface area contributed by atoms with Gasteiger partial charge in [0, 0.05) is 24.3 Å². The molecule has 140 valence electrons. The van der Waals surface area contributed by atoms with Crippen molar-refractivity contribution in [3.05, 3.63) is 46.2 Å². The third-order valence-corrected chi connectivity index (χ3v) is 5.51. The van der Waals surface area contributed by atoms with Crippen molar-refractivity contribution in [1.29, 1.82) is 0 Å². The van der Waals surface area contributed by atoms with Gasteiger partial charge in [-0.2, -0.15) is 0 Å². The lowest BCUT2D eigenvalue weighted by Crippen LogP contribution is -2.88. The minimum absolute atomic E-state index is 0.214. The third-order valence-electron chi connectivity index (χ3n) is 4.65. The van der Waals surface area contributed by atoms with Crippen LogP contribution in [0.5, 0.6) is 11.5 Å². The van der Waals surface area contributed by atoms with E-state index in [0.29, 0.717) is 25.7 Å². The van der Waals surface area contributed by atoms with Crippen LogP contribution in [0.15, 0.2) is 35.7 Å². The molecule has 0 radical (unpaired) electrons. The summed E-state index contributed by atoms with van der Waals surface area (Å²) >= 11 is 1.70. The molecule has 2 N–H and O–H groups in total. The molecule has 1 amide bonds. The molecule has 0 spiro atoms. The van der Waals surface area contributed by atoms with Gasteiger partial charge in [0.25, 0.3) is 5.91 Å². The van der Waals surface area contributed by atoms with Gasteiger partial charge in [0.2, 0.25) is 0 Å². The minimum atomic E-state index is 0.214. The molecule has 1 heterocycles. The zero-order chi connectivity index (χ0) is 18.4. The molecule has 0 bridgehead atoms. The summed E-state index contributed by atoms with van der Waals surface area (Å²) in [6.45, 7) is 1.93. The van der Waals surface area contributed by atoms with E-state index in [9.17, 15) is 4.79 Å². The molecule has 5 nitrogen and oxygen atoms in total. The summed E-state index contributed by atoms with van der Waals surface area (Å²) in [7, 11) is 3.28. The molecule has 0 saturated heterocycles. The Hall–Kier alpha value is -2.05. The first-order chi connectivity index (χ1) is 12.7. The molecule has 0 aliphatic heterocycles. The molecule has 1 aliphatic rings. The van der Waals surface area contributed by atoms with Crippen LogP contribution in [0, 0.1) is 0 Å². The summed E-state index contributed by atoms with van der Waals surface area (Å²) in [5.41, 5.74) is 1.14. The molecule has 2 aromatic rings. The Morgan fingerprint density at radius 1 is 1.23 bits per heavy atom. The van der Waals surface area contributed by atoms with Crippen molar-refractivity contribution in [1.82, 2.24) is 4.90 Å². The predicted molar refractivity (Wildman–Crippen MR) is 103 cm³/mol. The van der Waals surface area contributed by atoms with E-state index in [-0.39, 0.29) is 5.91 Å². The van der Waals surface area contributed by atoms with Crippen molar-refractivity contribution in [3.8, 4) is 11.5 Å². The molecule has 6 heteroatoms. The van der Waals surface area contributed by atoms with Crippen molar-refractivity contribution < 1.29 is 19.6 Å². The van der Waals surface area contributed by atoms with Crippen molar-refractivity contribution in [2.45, 2.75) is 31.8 Å². The summed E-state index contributed by atoms with van der Waals surface area (Å²) in [4.78, 5) is 15.9. The number of nitrogens with two attached hydrogens (primary N) is 1. The van der Waals surface area contributed by atoms with E-state index >= 15 is 0 Å². The molecular weight excluding hydrogens is 348 g/mol. The van der Waals surface area contributed by atoms with Crippen LogP contribution >= 0.6 is 11.3 Å². The highest BCUT2D eigenvalue weighted by Crippen LogP contribution is 2.27. The molecule has 1 aliphatic carbocycles. The van der Waals surface area contributed by atoms with E-state index in [2.05, 4.69) is 16.8 Å². The zero-order valence-electron chi connectivity index (χ0n) is 15.4. The van der Waals surface area contributed by atoms with Crippen LogP contribution in [-0.2, 0) is 17.8 Å². The molecule has 0 unspecified atom stereocenters. The maximum atomic E-state index is 12.7. The van der Waals surface area contributed by atoms with Crippen LogP contribution in [0.2, 0.25) is 0 Å². The third kappa shape index (κ3) is 5.22. The van der Waals surface area contributed by atoms with E-state index in [1.54, 1.807) is 25.6 Å². The zero-order valence-corrected chi connectivity index (χ0v) is 16.3. The number of hydrogen-bond donors (Lipinski definition) is 1. The number of carbonyl (C=O) groups is 1. The van der Waals surface area contributed by atoms with Crippen LogP contribution in [-0.4, -0.2) is 44.2 Å². The van der Waals surface area contributed by atoms with E-state index in [0.717, 1.165) is 23.5 Å². The second-order valence-corrected chi connectivity index (χ2v) is 7.64. The van der Waals surface area contributed by atoms with Gasteiger partial charge in [0.05, 0.1) is 26.8 Å². The lowest BCUT2D eigenvalue weighted by atomic mass is 10.1. The lowest BCUT2D eigenvalue weighted by molar-refractivity contribution is -0.658. The van der Waals surface area contributed by atoms with Gasteiger partial charge < -0.3 is 19.7 Å². The first kappa shape index (κ1) is 18.7. The highest BCUT2D eigenvalue weighted by molar-refractivity contribution is 7.09. The molecule has 1 saturated carbocycles. The summed E-state index contributed by atoms with van der Waals surface area (Å²) in [6, 6.07) is 10.7. The Morgan fingerprint density at radius 2 is 2.04 bits per heavy atom. The van der Waals surface area contributed by atoms with Gasteiger partial charge in [-0.05, 0) is 35.6 Å². The van der Waals surface area contributed by atoms with Crippen molar-refractivity contribution >= 4 is 17.2 Å². The van der Waals surface area contributed by atoms with Crippen LogP contribution < -0.4 is 14.8 Å². The molecule has 1 aromatic heterocycles. The molecular formula is C20H27N2O3S+. The number of hydrogen-bond acceptors (Lipinski definition) is 4. The normalized spacial score (nSPS) is 13.5. The van der Waals surface area contributed by atoms with Gasteiger partial charge >= 0.3 is 0 Å². The van der Waals surface area contributed by atoms with Gasteiger partial charge in [-0.3, -0.25) is 4.79 Å². The number of quaternary nitrogens is 1. The minimum Gasteiger partial charge on any atom is -0.493 e. The monoisotopic (exact) mass is 375 g/mol. The van der Waals surface area contributed by atoms with E-state index in [1.165, 1.54) is 17.7 Å². The second-order valence-electron chi connectivity index (χ2n) is 6.61. The van der Waals surface area contributed by atoms with Crippen molar-refractivity contribution in [3.63, 3.8) is 0 Å². The van der Waals surface area contributed by atoms with Gasteiger partial charge in [0.1, 0.15) is 0 Å². The van der Waals surface area contributed by atoms with Gasteiger partial charge in [-0.15, -0.1) is 11.3 Å². The standard InChI is InChI=1S/C20H26N2O3S/c1-24-18-8-5-15(12-19(18)25-2)9-10-22(14-17-4-3-11-26-17)20(23)13-21-16-6-7-16/h3-5,8,11-12,16,21H,6-7,9-10,13-14H2,1-2H3/p+1. The Morgan fingerprint density at radius 3 is 2.69 bits per heavy atom. The number of amides is 1. The number of rotatable bonds is 10. The van der Waals surface area contributed by atoms with Crippen LogP contribution in [0.25, 0.3) is 0 Å². The van der Waals surface area contributed by atoms with Gasteiger partial charge in [0.15, 0.2) is 18.0 Å². The highest BCUT2D eigenvalue weighted by atomic mass is 32.1. The Labute approximate surface area is 158 Å². The second kappa shape index (κ2) is 9.05. The number of benzene rings is 1. The number of nitrogens with zero attached hydrogens (tertiary/aromatic N) is 1. The Kier molecular flexibility index (Phi) is 6.52. The number of carbonyl (C=O) groups excluding carboxylic acids is 1. The number of thiophene rings is 1. The van der Waals surface area contributed by atoms with Crippen LogP contribution in [0.1, 0.15) is 23.3 Å².